The molecule has 0 aromatic rings. The second kappa shape index (κ2) is 63.9. The van der Waals surface area contributed by atoms with E-state index in [9.17, 15) is 33.6 Å². The molecule has 0 rings (SSSR count). The Labute approximate surface area is 548 Å². The molecule has 24 heteroatoms. The van der Waals surface area contributed by atoms with E-state index < -0.39 is 42.3 Å². The Balaban J connectivity index is -0.000000141. The van der Waals surface area contributed by atoms with Gasteiger partial charge in [0.15, 0.2) is 40.5 Å². The first-order chi connectivity index (χ1) is 40.8. The summed E-state index contributed by atoms with van der Waals surface area (Å²) in [7, 11) is 0. The summed E-state index contributed by atoms with van der Waals surface area (Å²) in [6.45, 7) is 41.1. The molecule has 89 heavy (non-hydrogen) atoms. The fraction of sp³-hybridized carbons (Fsp3) is 0.877. The summed E-state index contributed by atoms with van der Waals surface area (Å²) in [4.78, 5) is 78.5. The van der Waals surface area contributed by atoms with Crippen molar-refractivity contribution in [2.45, 2.75) is 263 Å². The zero-order valence-electron chi connectivity index (χ0n) is 59.9. The number of ketones is 7. The van der Waals surface area contributed by atoms with Gasteiger partial charge in [-0.15, -0.1) is 0 Å². The smallest absolute Gasteiger partial charge is 0.151 e. The molecule has 0 heterocycles. The summed E-state index contributed by atoms with van der Waals surface area (Å²) in [5.41, 5.74) is 86.1. The minimum absolute atomic E-state index is 0.0671. The molecule has 0 saturated heterocycles. The summed E-state index contributed by atoms with van der Waals surface area (Å²) >= 11 is 5.20. The topological polar surface area (TPSA) is 536 Å². The van der Waals surface area contributed by atoms with Crippen molar-refractivity contribution in [3.63, 3.8) is 0 Å². The van der Waals surface area contributed by atoms with Crippen LogP contribution in [0.1, 0.15) is 209 Å². The van der Waals surface area contributed by atoms with Crippen LogP contribution in [0.5, 0.6) is 0 Å². The van der Waals surface area contributed by atoms with Gasteiger partial charge in [-0.05, 0) is 98.2 Å². The summed E-state index contributed by atoms with van der Waals surface area (Å²) < 4.78 is 0. The second-order valence-corrected chi connectivity index (χ2v) is 27.5. The Morgan fingerprint density at radius 2 is 0.483 bits per heavy atom. The average Bonchev–Trinajstić information content (AvgIpc) is 3.43. The minimum Gasteiger partial charge on any atom is -0.329 e. The van der Waals surface area contributed by atoms with Crippen LogP contribution in [0.15, 0.2) is 0 Å². The lowest BCUT2D eigenvalue weighted by molar-refractivity contribution is -0.122. The summed E-state index contributed by atoms with van der Waals surface area (Å²) in [6, 6.07) is -3.56. The fourth-order valence-electron chi connectivity index (χ4n) is 7.99. The Morgan fingerprint density at radius 3 is 0.674 bits per heavy atom. The lowest BCUT2D eigenvalue weighted by Gasteiger charge is -2.18. The van der Waals surface area contributed by atoms with Crippen LogP contribution in [0.2, 0.25) is 0 Å². The maximum absolute atomic E-state index is 11.6. The first kappa shape index (κ1) is 102. The highest BCUT2D eigenvalue weighted by Crippen LogP contribution is 2.18. The normalized spacial score (nSPS) is 14.9. The maximum Gasteiger partial charge on any atom is 0.151 e. The van der Waals surface area contributed by atoms with Gasteiger partial charge in [-0.2, -0.15) is 0 Å². The number of thiocarbonyl (C=S) groups is 1. The van der Waals surface area contributed by atoms with Crippen LogP contribution in [0.3, 0.4) is 0 Å². The summed E-state index contributed by atoms with van der Waals surface area (Å²) in [5.74, 6) is 5.50. The van der Waals surface area contributed by atoms with E-state index in [2.05, 4.69) is 62.3 Å². The molecule has 0 aromatic heterocycles. The van der Waals surface area contributed by atoms with Gasteiger partial charge in [-0.3, -0.25) is 33.6 Å². The molecule has 0 aromatic carbocycles. The van der Waals surface area contributed by atoms with Gasteiger partial charge >= 0.3 is 0 Å². The van der Waals surface area contributed by atoms with E-state index in [1.165, 1.54) is 6.42 Å². The standard InChI is InChI=1S/C11H24N2O.C10H22N2O.C10H22N2S.4C7H16N2O.C6H14N2O/c1-7(2)5-8(3)6-10(14)11(13)9(4)12;2*1-7(2)4-8(3)5-10(13)9(12)6-11;4*1-5(2)3-7(10)6(9)4-8;1-2-3-6(9)5(8)4-7/h7-9,11H,5-6,12-13H2,1-4H3;2*7-9H,4-6,11-12H2,1-3H3;4*5-6H,3-4,8-9H2,1-2H3;5H,2-4,7-8H2,1H3/t8-,9+,11+;2*8-,9+;4*6-;5-/m11111000/s1. The zero-order chi connectivity index (χ0) is 72.0. The number of hydrogen-bond acceptors (Lipinski definition) is 24. The highest BCUT2D eigenvalue weighted by molar-refractivity contribution is 7.80. The largest absolute Gasteiger partial charge is 0.329 e. The number of rotatable bonds is 38. The van der Waals surface area contributed by atoms with Gasteiger partial charge in [-0.1, -0.05) is 137 Å². The monoisotopic (exact) mass is 1300 g/mol. The number of carbonyl (C=O) groups is 7. The van der Waals surface area contributed by atoms with Gasteiger partial charge in [0.05, 0.1) is 42.3 Å². The summed E-state index contributed by atoms with van der Waals surface area (Å²) in [5, 5.41) is 0. The van der Waals surface area contributed by atoms with E-state index in [0.717, 1.165) is 36.5 Å². The molecule has 23 nitrogen and oxygen atoms in total. The third-order valence-corrected chi connectivity index (χ3v) is 13.3. The van der Waals surface area contributed by atoms with Gasteiger partial charge in [0.1, 0.15) is 0 Å². The van der Waals surface area contributed by atoms with Crippen molar-refractivity contribution in [1.82, 2.24) is 0 Å². The van der Waals surface area contributed by atoms with Crippen molar-refractivity contribution in [3.8, 4) is 0 Å². The number of hydrogen-bond donors (Lipinski definition) is 16. The highest BCUT2D eigenvalue weighted by Gasteiger charge is 2.21. The molecule has 0 radical (unpaired) electrons. The van der Waals surface area contributed by atoms with E-state index in [4.69, 9.17) is 104 Å². The van der Waals surface area contributed by atoms with Gasteiger partial charge in [0.25, 0.3) is 0 Å². The van der Waals surface area contributed by atoms with Gasteiger partial charge in [-0.25, -0.2) is 0 Å². The van der Waals surface area contributed by atoms with E-state index in [1.807, 2.05) is 62.3 Å². The quantitative estimate of drug-likeness (QED) is 0.0395. The molecule has 534 valence electrons. The number of nitrogens with two attached hydrogens (primary N) is 16. The van der Waals surface area contributed by atoms with E-state index in [1.54, 1.807) is 6.92 Å². The lowest BCUT2D eigenvalue weighted by atomic mass is 9.91. The molecule has 0 bridgehead atoms. The third kappa shape index (κ3) is 72.4. The molecular weight excluding hydrogens is 1150 g/mol. The Morgan fingerprint density at radius 1 is 0.281 bits per heavy atom. The molecule has 0 spiro atoms. The van der Waals surface area contributed by atoms with E-state index in [0.29, 0.717) is 105 Å². The molecule has 0 unspecified atom stereocenters. The van der Waals surface area contributed by atoms with E-state index >= 15 is 0 Å². The first-order valence-corrected chi connectivity index (χ1v) is 33.1. The maximum atomic E-state index is 11.6. The predicted octanol–water partition coefficient (Wildman–Crippen LogP) is 3.12. The molecular formula is C65H146N16O7S. The Kier molecular flexibility index (Phi) is 73.4. The number of Topliss-reactive ketones (excluding diaryl/α,β-unsaturated/α-hetero) is 7. The Hall–Kier alpha value is -2.86. The van der Waals surface area contributed by atoms with Crippen molar-refractivity contribution in [2.75, 3.05) is 45.8 Å². The molecule has 0 aliphatic rings. The van der Waals surface area contributed by atoms with Crippen molar-refractivity contribution in [3.05, 3.63) is 0 Å². The average molecular weight is 1300 g/mol. The van der Waals surface area contributed by atoms with Crippen LogP contribution in [0.4, 0.5) is 0 Å². The molecule has 0 fully saturated rings. The molecule has 0 aliphatic carbocycles. The molecule has 0 saturated carbocycles. The van der Waals surface area contributed by atoms with Gasteiger partial charge < -0.3 is 91.7 Å². The molecule has 12 atom stereocenters. The van der Waals surface area contributed by atoms with Crippen molar-refractivity contribution >= 4 is 57.6 Å². The molecule has 0 aliphatic heterocycles. The van der Waals surface area contributed by atoms with Crippen LogP contribution < -0.4 is 91.7 Å². The SMILES string of the molecule is CC(C)CC(=O)[C@@H](N)CN.CC(C)CC(=O)[C@@H](N)CN.CC(C)CC(=O)[C@H](N)CN.CC(C)CC(=O)[C@H](N)CN.CC(C)C[C@@H](C)CC(=O)[C@@H](N)CN.CC(C)C[C@@H](C)CC(=O)[C@@H](N)[C@H](C)N.CC(C)C[C@@H](C)CC(=S)[C@@H](N)CN.CCCC(=O)[C@@H](N)CN. The van der Waals surface area contributed by atoms with Crippen molar-refractivity contribution < 1.29 is 33.6 Å². The third-order valence-electron chi connectivity index (χ3n) is 12.8. The van der Waals surface area contributed by atoms with Crippen molar-refractivity contribution in [2.24, 2.45) is 151 Å². The minimum atomic E-state index is -0.496. The van der Waals surface area contributed by atoms with Crippen LogP contribution in [-0.2, 0) is 33.6 Å². The van der Waals surface area contributed by atoms with Crippen molar-refractivity contribution in [1.29, 1.82) is 0 Å². The van der Waals surface area contributed by atoms with Crippen LogP contribution in [-0.4, -0.2) is 146 Å². The van der Waals surface area contributed by atoms with Gasteiger partial charge in [0.2, 0.25) is 0 Å². The lowest BCUT2D eigenvalue weighted by Crippen LogP contribution is -2.45. The van der Waals surface area contributed by atoms with Gasteiger partial charge in [0, 0.05) is 108 Å². The second-order valence-electron chi connectivity index (χ2n) is 27.0. The Bertz CT molecular complexity index is 1630. The summed E-state index contributed by atoms with van der Waals surface area (Å²) in [6.07, 6.45) is 8.97. The predicted molar refractivity (Wildman–Crippen MR) is 381 cm³/mol. The first-order valence-electron chi connectivity index (χ1n) is 32.7. The van der Waals surface area contributed by atoms with Crippen LogP contribution in [0, 0.1) is 59.2 Å². The zero-order valence-corrected chi connectivity index (χ0v) is 60.7. The van der Waals surface area contributed by atoms with Crippen LogP contribution in [0.25, 0.3) is 0 Å². The van der Waals surface area contributed by atoms with E-state index in [-0.39, 0.29) is 91.8 Å². The number of carbonyl (C=O) groups excluding carboxylic acids is 7. The molecule has 0 amide bonds. The van der Waals surface area contributed by atoms with Crippen LogP contribution >= 0.6 is 12.2 Å². The fourth-order valence-corrected chi connectivity index (χ4v) is 8.37. The molecule has 32 N–H and O–H groups in total. The highest BCUT2D eigenvalue weighted by atomic mass is 32.1.